The molecule has 4 nitrogen and oxygen atoms in total. The topological polar surface area (TPSA) is 39.4 Å². The lowest BCUT2D eigenvalue weighted by molar-refractivity contribution is 0.265. The summed E-state index contributed by atoms with van der Waals surface area (Å²) in [5, 5.41) is 4.23. The zero-order chi connectivity index (χ0) is 12.7. The summed E-state index contributed by atoms with van der Waals surface area (Å²) in [5.41, 5.74) is 2.86. The molecule has 1 aromatic heterocycles. The molecule has 2 aliphatic rings. The summed E-state index contributed by atoms with van der Waals surface area (Å²) < 4.78 is 7.65. The second-order valence-electron chi connectivity index (χ2n) is 5.12. The van der Waals surface area contributed by atoms with E-state index < -0.39 is 0 Å². The van der Waals surface area contributed by atoms with Crippen LogP contribution in [0.15, 0.2) is 47.7 Å². The minimum atomic E-state index is 0.00807. The first kappa shape index (κ1) is 10.8. The van der Waals surface area contributed by atoms with Gasteiger partial charge in [-0.1, -0.05) is 24.3 Å². The molecule has 96 valence electrons. The average Bonchev–Trinajstić information content (AvgIpc) is 3.17. The fraction of sp³-hybridized carbons (Fsp3) is 0.333. The highest BCUT2D eigenvalue weighted by Crippen LogP contribution is 2.30. The van der Waals surface area contributed by atoms with Crippen LogP contribution in [0, 0.1) is 5.92 Å². The fourth-order valence-corrected chi connectivity index (χ4v) is 2.93. The average molecular weight is 253 g/mol. The first-order valence-electron chi connectivity index (χ1n) is 6.66. The van der Waals surface area contributed by atoms with Crippen LogP contribution in [-0.4, -0.2) is 22.3 Å². The molecular weight excluding hydrogens is 238 g/mol. The van der Waals surface area contributed by atoms with E-state index in [1.54, 1.807) is 6.20 Å². The number of benzene rings is 1. The lowest BCUT2D eigenvalue weighted by Gasteiger charge is -2.07. The van der Waals surface area contributed by atoms with Gasteiger partial charge >= 0.3 is 0 Å². The molecule has 2 heterocycles. The summed E-state index contributed by atoms with van der Waals surface area (Å²) in [5.74, 6) is 1.30. The number of hydrogen-bond donors (Lipinski definition) is 0. The van der Waals surface area contributed by atoms with Crippen molar-refractivity contribution in [2.24, 2.45) is 10.9 Å². The Balaban J connectivity index is 1.55. The van der Waals surface area contributed by atoms with Crippen LogP contribution in [-0.2, 0) is 17.6 Å². The van der Waals surface area contributed by atoms with E-state index in [1.165, 1.54) is 11.1 Å². The van der Waals surface area contributed by atoms with E-state index in [-0.39, 0.29) is 6.17 Å². The van der Waals surface area contributed by atoms with E-state index in [9.17, 15) is 0 Å². The molecule has 4 heteroatoms. The highest BCUT2D eigenvalue weighted by Gasteiger charge is 2.31. The van der Waals surface area contributed by atoms with Gasteiger partial charge in [-0.25, -0.2) is 9.67 Å². The number of hydrogen-bond acceptors (Lipinski definition) is 3. The Kier molecular flexibility index (Phi) is 2.40. The molecule has 19 heavy (non-hydrogen) atoms. The lowest BCUT2D eigenvalue weighted by atomic mass is 10.1. The Hall–Kier alpha value is -2.10. The van der Waals surface area contributed by atoms with Crippen LogP contribution < -0.4 is 0 Å². The zero-order valence-corrected chi connectivity index (χ0v) is 10.6. The van der Waals surface area contributed by atoms with Crippen molar-refractivity contribution in [1.29, 1.82) is 0 Å². The Labute approximate surface area is 111 Å². The van der Waals surface area contributed by atoms with Crippen LogP contribution in [0.2, 0.25) is 0 Å². The number of fused-ring (bicyclic) bond motifs is 1. The SMILES string of the molecule is c1ccc2c(c1)CC(C1=NC(n3cccn3)CO1)C2. The molecular formula is C15H15N3O. The Morgan fingerprint density at radius 3 is 2.58 bits per heavy atom. The van der Waals surface area contributed by atoms with Crippen LogP contribution in [0.1, 0.15) is 17.3 Å². The molecule has 0 N–H and O–H groups in total. The van der Waals surface area contributed by atoms with E-state index in [4.69, 9.17) is 9.73 Å². The molecule has 2 aromatic rings. The third-order valence-electron chi connectivity index (χ3n) is 3.89. The van der Waals surface area contributed by atoms with E-state index >= 15 is 0 Å². The van der Waals surface area contributed by atoms with Gasteiger partial charge in [0.15, 0.2) is 12.1 Å². The number of rotatable bonds is 2. The third-order valence-corrected chi connectivity index (χ3v) is 3.89. The predicted molar refractivity (Wildman–Crippen MR) is 72.0 cm³/mol. The second kappa shape index (κ2) is 4.23. The first-order valence-corrected chi connectivity index (χ1v) is 6.66. The molecule has 1 aliphatic carbocycles. The van der Waals surface area contributed by atoms with Crippen LogP contribution >= 0.6 is 0 Å². The molecule has 1 aliphatic heterocycles. The van der Waals surface area contributed by atoms with Crippen LogP contribution in [0.5, 0.6) is 0 Å². The van der Waals surface area contributed by atoms with Crippen molar-refractivity contribution in [1.82, 2.24) is 9.78 Å². The maximum Gasteiger partial charge on any atom is 0.189 e. The van der Waals surface area contributed by atoms with E-state index in [0.29, 0.717) is 12.5 Å². The van der Waals surface area contributed by atoms with Crippen molar-refractivity contribution in [3.63, 3.8) is 0 Å². The van der Waals surface area contributed by atoms with Gasteiger partial charge in [-0.15, -0.1) is 0 Å². The molecule has 0 saturated carbocycles. The second-order valence-corrected chi connectivity index (χ2v) is 5.12. The molecule has 0 amide bonds. The van der Waals surface area contributed by atoms with Gasteiger partial charge in [0.25, 0.3) is 0 Å². The highest BCUT2D eigenvalue weighted by atomic mass is 16.5. The largest absolute Gasteiger partial charge is 0.476 e. The summed E-state index contributed by atoms with van der Waals surface area (Å²) in [7, 11) is 0. The van der Waals surface area contributed by atoms with Crippen LogP contribution in [0.25, 0.3) is 0 Å². The van der Waals surface area contributed by atoms with Gasteiger partial charge in [-0.2, -0.15) is 5.10 Å². The maximum absolute atomic E-state index is 5.79. The van der Waals surface area contributed by atoms with Crippen molar-refractivity contribution in [3.8, 4) is 0 Å². The number of nitrogens with zero attached hydrogens (tertiary/aromatic N) is 3. The summed E-state index contributed by atoms with van der Waals surface area (Å²) in [6.07, 6.45) is 5.80. The van der Waals surface area contributed by atoms with Crippen molar-refractivity contribution < 1.29 is 4.74 Å². The lowest BCUT2D eigenvalue weighted by Crippen LogP contribution is -2.14. The predicted octanol–water partition coefficient (Wildman–Crippen LogP) is 2.23. The number of aromatic nitrogens is 2. The van der Waals surface area contributed by atoms with Gasteiger partial charge in [-0.3, -0.25) is 0 Å². The minimum absolute atomic E-state index is 0.00807. The number of ether oxygens (including phenoxy) is 1. The maximum atomic E-state index is 5.79. The Morgan fingerprint density at radius 2 is 1.89 bits per heavy atom. The zero-order valence-electron chi connectivity index (χ0n) is 10.6. The third kappa shape index (κ3) is 1.84. The molecule has 1 atom stereocenters. The van der Waals surface area contributed by atoms with E-state index in [2.05, 4.69) is 29.4 Å². The van der Waals surface area contributed by atoms with Gasteiger partial charge in [0.05, 0.1) is 0 Å². The Morgan fingerprint density at radius 1 is 1.11 bits per heavy atom. The normalized spacial score (nSPS) is 22.1. The quantitative estimate of drug-likeness (QED) is 0.823. The van der Waals surface area contributed by atoms with Gasteiger partial charge in [0, 0.05) is 18.3 Å². The van der Waals surface area contributed by atoms with Gasteiger partial charge in [-0.05, 0) is 30.0 Å². The van der Waals surface area contributed by atoms with Crippen molar-refractivity contribution in [2.45, 2.75) is 19.0 Å². The molecule has 0 spiro atoms. The van der Waals surface area contributed by atoms with Gasteiger partial charge < -0.3 is 4.74 Å². The smallest absolute Gasteiger partial charge is 0.189 e. The Bertz CT molecular complexity index is 593. The molecule has 0 fully saturated rings. The summed E-state index contributed by atoms with van der Waals surface area (Å²) in [6.45, 7) is 0.601. The van der Waals surface area contributed by atoms with Gasteiger partial charge in [0.2, 0.25) is 0 Å². The summed E-state index contributed by atoms with van der Waals surface area (Å²) in [6, 6.07) is 10.5. The monoisotopic (exact) mass is 253 g/mol. The standard InChI is InChI=1S/C15H15N3O/c1-2-5-12-9-13(8-11(12)4-1)15-17-14(10-19-15)18-7-3-6-16-18/h1-7,13-14H,8-10H2. The van der Waals surface area contributed by atoms with E-state index in [0.717, 1.165) is 18.7 Å². The summed E-state index contributed by atoms with van der Waals surface area (Å²) >= 11 is 0. The molecule has 0 bridgehead atoms. The van der Waals surface area contributed by atoms with E-state index in [1.807, 2.05) is 16.9 Å². The van der Waals surface area contributed by atoms with Crippen molar-refractivity contribution in [2.75, 3.05) is 6.61 Å². The molecule has 1 unspecified atom stereocenters. The molecule has 0 saturated heterocycles. The van der Waals surface area contributed by atoms with Crippen molar-refractivity contribution >= 4 is 5.90 Å². The van der Waals surface area contributed by atoms with Crippen LogP contribution in [0.3, 0.4) is 0 Å². The molecule has 4 rings (SSSR count). The minimum Gasteiger partial charge on any atom is -0.476 e. The highest BCUT2D eigenvalue weighted by molar-refractivity contribution is 5.81. The van der Waals surface area contributed by atoms with Crippen molar-refractivity contribution in [3.05, 3.63) is 53.9 Å². The van der Waals surface area contributed by atoms with Gasteiger partial charge in [0.1, 0.15) is 6.61 Å². The first-order chi connectivity index (χ1) is 9.40. The fourth-order valence-electron chi connectivity index (χ4n) is 2.93. The summed E-state index contributed by atoms with van der Waals surface area (Å²) in [4.78, 5) is 4.69. The number of aliphatic imine (C=N–C) groups is 1. The molecule has 0 radical (unpaired) electrons. The molecule has 1 aromatic carbocycles. The van der Waals surface area contributed by atoms with Crippen LogP contribution in [0.4, 0.5) is 0 Å².